The molecule has 0 unspecified atom stereocenters. The van der Waals surface area contributed by atoms with Gasteiger partial charge in [0.25, 0.3) is 0 Å². The van der Waals surface area contributed by atoms with Crippen LogP contribution < -0.4 is 15.5 Å². The normalized spacial score (nSPS) is 13.8. The molecule has 0 atom stereocenters. The standard InChI is InChI=1S/C29H27F3N6O2/c1-2-25(40)34-21-15-19(14-20(30)16-21)22-5-3-4-18-17-33-29(36-28(18)22)35-23-6-7-24(27(32)26(23)31)38-10-8-37(9-11-38)12-13-39/h2-7,14-17,39H,1,8-13H2,(H,34,40)(H,33,35,36). The molecule has 3 N–H and O–H groups in total. The summed E-state index contributed by atoms with van der Waals surface area (Å²) < 4.78 is 44.7. The second-order valence-corrected chi connectivity index (χ2v) is 9.30. The van der Waals surface area contributed by atoms with Crippen molar-refractivity contribution in [1.82, 2.24) is 14.9 Å². The van der Waals surface area contributed by atoms with Crippen molar-refractivity contribution in [1.29, 1.82) is 0 Å². The Hall–Kier alpha value is -4.48. The average Bonchev–Trinajstić information content (AvgIpc) is 2.95. The Kier molecular flexibility index (Phi) is 7.94. The zero-order chi connectivity index (χ0) is 28.2. The zero-order valence-electron chi connectivity index (χ0n) is 21.5. The summed E-state index contributed by atoms with van der Waals surface area (Å²) in [5.41, 5.74) is 1.74. The van der Waals surface area contributed by atoms with Gasteiger partial charge in [0.05, 0.1) is 23.5 Å². The van der Waals surface area contributed by atoms with E-state index in [1.807, 2.05) is 0 Å². The monoisotopic (exact) mass is 548 g/mol. The van der Waals surface area contributed by atoms with E-state index in [1.165, 1.54) is 30.5 Å². The number of β-amino-alcohol motifs (C(OH)–C–C–N with tert-alkyl or cyclic N) is 1. The van der Waals surface area contributed by atoms with Crippen molar-refractivity contribution < 1.29 is 23.1 Å². The number of carbonyl (C=O) groups is 1. The number of aliphatic hydroxyl groups is 1. The molecule has 4 aromatic rings. The van der Waals surface area contributed by atoms with E-state index in [0.29, 0.717) is 54.8 Å². The maximum Gasteiger partial charge on any atom is 0.247 e. The van der Waals surface area contributed by atoms with Gasteiger partial charge in [0, 0.05) is 55.6 Å². The summed E-state index contributed by atoms with van der Waals surface area (Å²) >= 11 is 0. The summed E-state index contributed by atoms with van der Waals surface area (Å²) in [4.78, 5) is 24.3. The number of piperazine rings is 1. The van der Waals surface area contributed by atoms with E-state index in [-0.39, 0.29) is 29.6 Å². The minimum atomic E-state index is -1.06. The number of halogens is 3. The van der Waals surface area contributed by atoms with Gasteiger partial charge in [0.2, 0.25) is 11.9 Å². The molecular weight excluding hydrogens is 521 g/mol. The van der Waals surface area contributed by atoms with Gasteiger partial charge in [-0.3, -0.25) is 9.69 Å². The van der Waals surface area contributed by atoms with Crippen LogP contribution in [0.15, 0.2) is 67.4 Å². The molecule has 206 valence electrons. The van der Waals surface area contributed by atoms with Crippen LogP contribution in [-0.2, 0) is 4.79 Å². The number of rotatable bonds is 8. The molecule has 0 saturated carbocycles. The van der Waals surface area contributed by atoms with Crippen molar-refractivity contribution in [3.63, 3.8) is 0 Å². The molecule has 0 radical (unpaired) electrons. The summed E-state index contributed by atoms with van der Waals surface area (Å²) in [6.45, 7) is 6.31. The Labute approximate surface area is 228 Å². The molecule has 3 aromatic carbocycles. The Morgan fingerprint density at radius 2 is 1.85 bits per heavy atom. The van der Waals surface area contributed by atoms with E-state index in [0.717, 1.165) is 6.08 Å². The van der Waals surface area contributed by atoms with Crippen LogP contribution in [0.5, 0.6) is 0 Å². The van der Waals surface area contributed by atoms with Crippen LogP contribution >= 0.6 is 0 Å². The molecule has 40 heavy (non-hydrogen) atoms. The fraction of sp³-hybridized carbons (Fsp3) is 0.207. The lowest BCUT2D eigenvalue weighted by molar-refractivity contribution is -0.111. The van der Waals surface area contributed by atoms with Crippen LogP contribution in [-0.4, -0.2) is 65.2 Å². The van der Waals surface area contributed by atoms with E-state index in [9.17, 15) is 9.18 Å². The predicted molar refractivity (Wildman–Crippen MR) is 149 cm³/mol. The third-order valence-electron chi connectivity index (χ3n) is 6.71. The maximum atomic E-state index is 15.1. The molecule has 0 spiro atoms. The number of anilines is 4. The number of nitrogens with one attached hydrogen (secondary N) is 2. The van der Waals surface area contributed by atoms with Crippen molar-refractivity contribution in [3.8, 4) is 11.1 Å². The molecule has 1 amide bonds. The average molecular weight is 549 g/mol. The first-order valence-corrected chi connectivity index (χ1v) is 12.7. The Morgan fingerprint density at radius 3 is 2.60 bits per heavy atom. The van der Waals surface area contributed by atoms with E-state index in [1.54, 1.807) is 29.2 Å². The molecule has 2 heterocycles. The van der Waals surface area contributed by atoms with Crippen molar-refractivity contribution in [2.75, 3.05) is 54.9 Å². The maximum absolute atomic E-state index is 15.1. The fourth-order valence-corrected chi connectivity index (χ4v) is 4.71. The van der Waals surface area contributed by atoms with E-state index in [4.69, 9.17) is 5.11 Å². The highest BCUT2D eigenvalue weighted by molar-refractivity contribution is 6.00. The number of nitrogens with zero attached hydrogens (tertiary/aromatic N) is 4. The Morgan fingerprint density at radius 1 is 1.05 bits per heavy atom. The Balaban J connectivity index is 1.42. The third-order valence-corrected chi connectivity index (χ3v) is 6.71. The lowest BCUT2D eigenvalue weighted by Gasteiger charge is -2.36. The summed E-state index contributed by atoms with van der Waals surface area (Å²) in [6, 6.07) is 12.3. The second-order valence-electron chi connectivity index (χ2n) is 9.30. The number of hydrogen-bond acceptors (Lipinski definition) is 7. The minimum Gasteiger partial charge on any atom is -0.395 e. The molecule has 1 aliphatic heterocycles. The van der Waals surface area contributed by atoms with Gasteiger partial charge in [-0.1, -0.05) is 24.8 Å². The lowest BCUT2D eigenvalue weighted by Crippen LogP contribution is -2.47. The van der Waals surface area contributed by atoms with Gasteiger partial charge in [-0.2, -0.15) is 0 Å². The smallest absolute Gasteiger partial charge is 0.247 e. The van der Waals surface area contributed by atoms with E-state index >= 15 is 8.78 Å². The first-order chi connectivity index (χ1) is 19.4. The largest absolute Gasteiger partial charge is 0.395 e. The number of hydrogen-bond donors (Lipinski definition) is 3. The Bertz CT molecular complexity index is 1570. The number of para-hydroxylation sites is 1. The van der Waals surface area contributed by atoms with Crippen molar-refractivity contribution >= 4 is 39.8 Å². The highest BCUT2D eigenvalue weighted by atomic mass is 19.2. The molecule has 11 heteroatoms. The predicted octanol–water partition coefficient (Wildman–Crippen LogP) is 4.70. The SMILES string of the molecule is C=CC(=O)Nc1cc(F)cc(-c2cccc3cnc(Nc4ccc(N5CCN(CCO)CC5)c(F)c4F)nc23)c1. The number of benzene rings is 3. The van der Waals surface area contributed by atoms with Gasteiger partial charge < -0.3 is 20.6 Å². The third kappa shape index (κ3) is 5.75. The van der Waals surface area contributed by atoms with E-state index in [2.05, 4.69) is 32.1 Å². The van der Waals surface area contributed by atoms with Crippen LogP contribution in [0.25, 0.3) is 22.0 Å². The highest BCUT2D eigenvalue weighted by Crippen LogP contribution is 2.32. The van der Waals surface area contributed by atoms with Crippen molar-refractivity contribution in [3.05, 3.63) is 84.8 Å². The van der Waals surface area contributed by atoms with E-state index < -0.39 is 23.4 Å². The summed E-state index contributed by atoms with van der Waals surface area (Å²) in [7, 11) is 0. The fourth-order valence-electron chi connectivity index (χ4n) is 4.71. The van der Waals surface area contributed by atoms with Crippen LogP contribution in [0.3, 0.4) is 0 Å². The van der Waals surface area contributed by atoms with Crippen molar-refractivity contribution in [2.24, 2.45) is 0 Å². The summed E-state index contributed by atoms with van der Waals surface area (Å²) in [5, 5.41) is 15.1. The number of fused-ring (bicyclic) bond motifs is 1. The molecule has 8 nitrogen and oxygen atoms in total. The summed E-state index contributed by atoms with van der Waals surface area (Å²) in [6.07, 6.45) is 2.61. The zero-order valence-corrected chi connectivity index (χ0v) is 21.5. The molecule has 1 aliphatic rings. The van der Waals surface area contributed by atoms with Gasteiger partial charge in [-0.25, -0.2) is 23.1 Å². The number of carbonyl (C=O) groups excluding carboxylic acids is 1. The quantitative estimate of drug-likeness (QED) is 0.275. The molecule has 5 rings (SSSR count). The molecule has 0 aliphatic carbocycles. The van der Waals surface area contributed by atoms with Crippen molar-refractivity contribution in [2.45, 2.75) is 0 Å². The molecular formula is C29H27F3N6O2. The van der Waals surface area contributed by atoms with Gasteiger partial charge in [-0.05, 0) is 42.0 Å². The van der Waals surface area contributed by atoms with Crippen LogP contribution in [0, 0.1) is 17.5 Å². The number of aliphatic hydroxyl groups excluding tert-OH is 1. The van der Waals surface area contributed by atoms with Gasteiger partial charge in [0.15, 0.2) is 11.6 Å². The van der Waals surface area contributed by atoms with Gasteiger partial charge >= 0.3 is 0 Å². The highest BCUT2D eigenvalue weighted by Gasteiger charge is 2.23. The molecule has 1 fully saturated rings. The lowest BCUT2D eigenvalue weighted by atomic mass is 10.0. The first-order valence-electron chi connectivity index (χ1n) is 12.7. The second kappa shape index (κ2) is 11.7. The minimum absolute atomic E-state index is 0.0280. The molecule has 1 aromatic heterocycles. The number of amides is 1. The molecule has 1 saturated heterocycles. The van der Waals surface area contributed by atoms with Gasteiger partial charge in [-0.15, -0.1) is 0 Å². The van der Waals surface area contributed by atoms with Gasteiger partial charge in [0.1, 0.15) is 5.82 Å². The van der Waals surface area contributed by atoms with Crippen LogP contribution in [0.2, 0.25) is 0 Å². The topological polar surface area (TPSA) is 93.6 Å². The number of aromatic nitrogens is 2. The first kappa shape index (κ1) is 27.1. The van der Waals surface area contributed by atoms with Crippen LogP contribution in [0.4, 0.5) is 36.2 Å². The molecule has 0 bridgehead atoms. The van der Waals surface area contributed by atoms with Crippen LogP contribution in [0.1, 0.15) is 0 Å². The summed E-state index contributed by atoms with van der Waals surface area (Å²) in [5.74, 6) is -3.04.